The van der Waals surface area contributed by atoms with E-state index in [-0.39, 0.29) is 5.54 Å². The first-order valence-electron chi connectivity index (χ1n) is 6.13. The lowest BCUT2D eigenvalue weighted by Crippen LogP contribution is -2.34. The molecule has 4 heteroatoms. The average Bonchev–Trinajstić information content (AvgIpc) is 3.01. The summed E-state index contributed by atoms with van der Waals surface area (Å²) in [4.78, 5) is 2.22. The lowest BCUT2D eigenvalue weighted by atomic mass is 10.2. The molecule has 1 aromatic heterocycles. The Morgan fingerprint density at radius 2 is 1.89 bits per heavy atom. The highest BCUT2D eigenvalue weighted by Crippen LogP contribution is 2.42. The van der Waals surface area contributed by atoms with Crippen LogP contribution in [0.5, 0.6) is 0 Å². The minimum atomic E-state index is -0.783. The van der Waals surface area contributed by atoms with E-state index in [4.69, 9.17) is 0 Å². The smallest absolute Gasteiger partial charge is 0.160 e. The van der Waals surface area contributed by atoms with Crippen molar-refractivity contribution in [1.82, 2.24) is 9.47 Å². The van der Waals surface area contributed by atoms with Crippen LogP contribution in [-0.2, 0) is 6.54 Å². The van der Waals surface area contributed by atoms with Crippen LogP contribution in [0.1, 0.15) is 12.8 Å². The molecule has 18 heavy (non-hydrogen) atoms. The standard InChI is InChI=1S/C14H16F2N2/c1-17(2)14(4-5-14)9-18-6-3-10-7-11(15)12(16)8-13(10)18/h3,6-8H,4-5,9H2,1-2H3. The lowest BCUT2D eigenvalue weighted by Gasteiger charge is -2.24. The maximum atomic E-state index is 13.3. The van der Waals surface area contributed by atoms with E-state index in [2.05, 4.69) is 19.0 Å². The summed E-state index contributed by atoms with van der Waals surface area (Å²) in [5, 5.41) is 0.753. The molecular formula is C14H16F2N2. The topological polar surface area (TPSA) is 8.17 Å². The third-order valence-corrected chi connectivity index (χ3v) is 4.05. The number of hydrogen-bond acceptors (Lipinski definition) is 1. The summed E-state index contributed by atoms with van der Waals surface area (Å²) in [6.45, 7) is 0.828. The van der Waals surface area contributed by atoms with Gasteiger partial charge in [-0.1, -0.05) is 0 Å². The molecule has 0 amide bonds. The number of aromatic nitrogens is 1. The van der Waals surface area contributed by atoms with E-state index in [9.17, 15) is 8.78 Å². The molecule has 2 aromatic rings. The number of nitrogens with zero attached hydrogens (tertiary/aromatic N) is 2. The lowest BCUT2D eigenvalue weighted by molar-refractivity contribution is 0.244. The zero-order valence-corrected chi connectivity index (χ0v) is 10.6. The zero-order chi connectivity index (χ0) is 12.9. The third kappa shape index (κ3) is 1.72. The number of halogens is 2. The van der Waals surface area contributed by atoms with Crippen molar-refractivity contribution in [3.8, 4) is 0 Å². The number of hydrogen-bond donors (Lipinski definition) is 0. The molecule has 3 rings (SSSR count). The molecule has 0 bridgehead atoms. The van der Waals surface area contributed by atoms with Crippen LogP contribution in [0.3, 0.4) is 0 Å². The van der Waals surface area contributed by atoms with Crippen molar-refractivity contribution in [1.29, 1.82) is 0 Å². The first-order chi connectivity index (χ1) is 8.52. The second-order valence-corrected chi connectivity index (χ2v) is 5.39. The van der Waals surface area contributed by atoms with Gasteiger partial charge in [0.1, 0.15) is 0 Å². The second-order valence-electron chi connectivity index (χ2n) is 5.39. The number of benzene rings is 1. The Kier molecular flexibility index (Phi) is 2.45. The van der Waals surface area contributed by atoms with Crippen LogP contribution < -0.4 is 0 Å². The Balaban J connectivity index is 2.01. The fourth-order valence-electron chi connectivity index (χ4n) is 2.53. The van der Waals surface area contributed by atoms with E-state index in [0.29, 0.717) is 0 Å². The number of fused-ring (bicyclic) bond motifs is 1. The quantitative estimate of drug-likeness (QED) is 0.813. The van der Waals surface area contributed by atoms with Gasteiger partial charge in [-0.05, 0) is 39.1 Å². The van der Waals surface area contributed by atoms with E-state index < -0.39 is 11.6 Å². The summed E-state index contributed by atoms with van der Waals surface area (Å²) in [5.74, 6) is -1.56. The summed E-state index contributed by atoms with van der Waals surface area (Å²) in [7, 11) is 4.14. The maximum Gasteiger partial charge on any atom is 0.160 e. The van der Waals surface area contributed by atoms with Gasteiger partial charge in [-0.25, -0.2) is 8.78 Å². The fourth-order valence-corrected chi connectivity index (χ4v) is 2.53. The largest absolute Gasteiger partial charge is 0.346 e. The van der Waals surface area contributed by atoms with Crippen molar-refractivity contribution < 1.29 is 8.78 Å². The molecule has 0 saturated heterocycles. The van der Waals surface area contributed by atoms with Gasteiger partial charge in [-0.15, -0.1) is 0 Å². The van der Waals surface area contributed by atoms with Gasteiger partial charge in [-0.2, -0.15) is 0 Å². The van der Waals surface area contributed by atoms with Crippen molar-refractivity contribution >= 4 is 10.9 Å². The molecule has 0 N–H and O–H groups in total. The van der Waals surface area contributed by atoms with Crippen LogP contribution in [0.2, 0.25) is 0 Å². The Morgan fingerprint density at radius 1 is 1.22 bits per heavy atom. The molecule has 0 unspecified atom stereocenters. The van der Waals surface area contributed by atoms with Crippen molar-refractivity contribution in [2.24, 2.45) is 0 Å². The molecule has 1 fully saturated rings. The van der Waals surface area contributed by atoms with E-state index in [1.165, 1.54) is 12.1 Å². The molecule has 0 radical (unpaired) electrons. The SMILES string of the molecule is CN(C)C1(Cn2ccc3cc(F)c(F)cc32)CC1. The van der Waals surface area contributed by atoms with Crippen LogP contribution in [-0.4, -0.2) is 29.1 Å². The Labute approximate surface area is 105 Å². The molecule has 1 aliphatic rings. The van der Waals surface area contributed by atoms with E-state index in [1.54, 1.807) is 0 Å². The van der Waals surface area contributed by atoms with Gasteiger partial charge >= 0.3 is 0 Å². The molecule has 96 valence electrons. The minimum absolute atomic E-state index is 0.191. The summed E-state index contributed by atoms with van der Waals surface area (Å²) >= 11 is 0. The Morgan fingerprint density at radius 3 is 2.50 bits per heavy atom. The second kappa shape index (κ2) is 3.79. The highest BCUT2D eigenvalue weighted by atomic mass is 19.2. The zero-order valence-electron chi connectivity index (χ0n) is 10.6. The first kappa shape index (κ1) is 11.7. The van der Waals surface area contributed by atoms with Crippen LogP contribution in [0.15, 0.2) is 24.4 Å². The average molecular weight is 250 g/mol. The first-order valence-corrected chi connectivity index (χ1v) is 6.13. The van der Waals surface area contributed by atoms with Crippen molar-refractivity contribution in [2.45, 2.75) is 24.9 Å². The van der Waals surface area contributed by atoms with Gasteiger partial charge < -0.3 is 9.47 Å². The Hall–Kier alpha value is -1.42. The van der Waals surface area contributed by atoms with Crippen molar-refractivity contribution in [3.05, 3.63) is 36.0 Å². The summed E-state index contributed by atoms with van der Waals surface area (Å²) in [5.41, 5.74) is 0.957. The van der Waals surface area contributed by atoms with Gasteiger partial charge in [0.15, 0.2) is 11.6 Å². The molecule has 2 nitrogen and oxygen atoms in total. The monoisotopic (exact) mass is 250 g/mol. The van der Waals surface area contributed by atoms with Gasteiger partial charge in [0.05, 0.1) is 5.52 Å². The molecule has 1 aliphatic carbocycles. The van der Waals surface area contributed by atoms with Gasteiger partial charge in [-0.3, -0.25) is 0 Å². The summed E-state index contributed by atoms with van der Waals surface area (Å²) < 4.78 is 28.5. The number of rotatable bonds is 3. The maximum absolute atomic E-state index is 13.3. The van der Waals surface area contributed by atoms with Crippen LogP contribution in [0.25, 0.3) is 10.9 Å². The normalized spacial score (nSPS) is 17.6. The molecule has 0 spiro atoms. The predicted molar refractivity (Wildman–Crippen MR) is 67.5 cm³/mol. The molecule has 1 saturated carbocycles. The van der Waals surface area contributed by atoms with Crippen LogP contribution in [0.4, 0.5) is 8.78 Å². The molecule has 1 aromatic carbocycles. The summed E-state index contributed by atoms with van der Waals surface area (Å²) in [6.07, 6.45) is 4.22. The van der Waals surface area contributed by atoms with Crippen LogP contribution in [0, 0.1) is 11.6 Å². The Bertz CT molecular complexity index is 597. The van der Waals surface area contributed by atoms with Gasteiger partial charge in [0.25, 0.3) is 0 Å². The van der Waals surface area contributed by atoms with Crippen LogP contribution >= 0.6 is 0 Å². The van der Waals surface area contributed by atoms with E-state index in [1.807, 2.05) is 16.8 Å². The molecule has 0 atom stereocenters. The third-order valence-electron chi connectivity index (χ3n) is 4.05. The van der Waals surface area contributed by atoms with E-state index >= 15 is 0 Å². The van der Waals surface area contributed by atoms with Gasteiger partial charge in [0.2, 0.25) is 0 Å². The van der Waals surface area contributed by atoms with E-state index in [0.717, 1.165) is 30.3 Å². The van der Waals surface area contributed by atoms with Crippen molar-refractivity contribution in [3.63, 3.8) is 0 Å². The van der Waals surface area contributed by atoms with Crippen molar-refractivity contribution in [2.75, 3.05) is 14.1 Å². The summed E-state index contributed by atoms with van der Waals surface area (Å²) in [6, 6.07) is 4.39. The fraction of sp³-hybridized carbons (Fsp3) is 0.429. The number of likely N-dealkylation sites (N-methyl/N-ethyl adjacent to an activating group) is 1. The molecular weight excluding hydrogens is 234 g/mol. The highest BCUT2D eigenvalue weighted by Gasteiger charge is 2.45. The highest BCUT2D eigenvalue weighted by molar-refractivity contribution is 5.80. The molecule has 0 aliphatic heterocycles. The van der Waals surface area contributed by atoms with Gasteiger partial charge in [0, 0.05) is 29.7 Å². The minimum Gasteiger partial charge on any atom is -0.346 e. The predicted octanol–water partition coefficient (Wildman–Crippen LogP) is 3.01. The molecule has 1 heterocycles.